The highest BCUT2D eigenvalue weighted by molar-refractivity contribution is 5.78. The zero-order valence-corrected chi connectivity index (χ0v) is 18.0. The summed E-state index contributed by atoms with van der Waals surface area (Å²) >= 11 is 0. The zero-order valence-electron chi connectivity index (χ0n) is 18.0. The molecule has 7 heteroatoms. The molecular formula is C24H28N4O3. The Morgan fingerprint density at radius 1 is 1.13 bits per heavy atom. The van der Waals surface area contributed by atoms with Crippen molar-refractivity contribution in [2.24, 2.45) is 5.92 Å². The van der Waals surface area contributed by atoms with Crippen LogP contribution < -0.4 is 10.1 Å². The molecule has 0 unspecified atom stereocenters. The van der Waals surface area contributed by atoms with Crippen molar-refractivity contribution in [2.75, 3.05) is 20.2 Å². The maximum atomic E-state index is 12.5. The quantitative estimate of drug-likeness (QED) is 0.629. The highest BCUT2D eigenvalue weighted by atomic mass is 16.5. The monoisotopic (exact) mass is 420 g/mol. The second kappa shape index (κ2) is 9.75. The predicted molar refractivity (Wildman–Crippen MR) is 117 cm³/mol. The van der Waals surface area contributed by atoms with Crippen molar-refractivity contribution in [3.63, 3.8) is 0 Å². The number of aryl methyl sites for hydroxylation is 1. The number of hydrogen-bond acceptors (Lipinski definition) is 6. The molecule has 0 saturated carbocycles. The first kappa shape index (κ1) is 21.1. The van der Waals surface area contributed by atoms with Crippen LogP contribution in [0, 0.1) is 12.8 Å². The summed E-state index contributed by atoms with van der Waals surface area (Å²) in [5, 5.41) is 7.16. The molecule has 1 saturated heterocycles. The molecule has 4 rings (SSSR count). The number of nitrogens with zero attached hydrogens (tertiary/aromatic N) is 3. The number of ether oxygens (including phenoxy) is 1. The standard InChI is InChI=1S/C24H28N4O3/c1-17-3-7-19(8-4-17)23-26-22(31-27-23)16-28-13-11-20(12-14-28)24(29)25-15-18-5-9-21(30-2)10-6-18/h3-10,20H,11-16H2,1-2H3,(H,25,29). The van der Waals surface area contributed by atoms with E-state index in [0.29, 0.717) is 24.8 Å². The lowest BCUT2D eigenvalue weighted by Gasteiger charge is -2.30. The van der Waals surface area contributed by atoms with Crippen molar-refractivity contribution in [3.05, 3.63) is 65.5 Å². The average Bonchev–Trinajstić information content (AvgIpc) is 3.27. The van der Waals surface area contributed by atoms with E-state index < -0.39 is 0 Å². The highest BCUT2D eigenvalue weighted by Crippen LogP contribution is 2.21. The lowest BCUT2D eigenvalue weighted by atomic mass is 9.96. The molecule has 1 N–H and O–H groups in total. The minimum atomic E-state index is 0.0419. The summed E-state index contributed by atoms with van der Waals surface area (Å²) < 4.78 is 10.6. The van der Waals surface area contributed by atoms with Crippen molar-refractivity contribution < 1.29 is 14.1 Å². The fourth-order valence-corrected chi connectivity index (χ4v) is 3.76. The lowest BCUT2D eigenvalue weighted by molar-refractivity contribution is -0.126. The molecule has 1 fully saturated rings. The fourth-order valence-electron chi connectivity index (χ4n) is 3.76. The van der Waals surface area contributed by atoms with Crippen LogP contribution in [-0.4, -0.2) is 41.1 Å². The summed E-state index contributed by atoms with van der Waals surface area (Å²) in [4.78, 5) is 19.3. The van der Waals surface area contributed by atoms with Crippen LogP contribution in [0.5, 0.6) is 5.75 Å². The van der Waals surface area contributed by atoms with E-state index in [9.17, 15) is 4.79 Å². The Kier molecular flexibility index (Phi) is 6.62. The predicted octanol–water partition coefficient (Wildman–Crippen LogP) is 3.58. The Hall–Kier alpha value is -3.19. The van der Waals surface area contributed by atoms with Crippen LogP contribution in [0.2, 0.25) is 0 Å². The number of piperidine rings is 1. The molecule has 0 bridgehead atoms. The van der Waals surface area contributed by atoms with Crippen LogP contribution in [0.15, 0.2) is 53.1 Å². The van der Waals surface area contributed by atoms with Gasteiger partial charge in [-0.3, -0.25) is 9.69 Å². The molecule has 31 heavy (non-hydrogen) atoms. The molecule has 1 aliphatic rings. The van der Waals surface area contributed by atoms with Gasteiger partial charge in [0.15, 0.2) is 0 Å². The summed E-state index contributed by atoms with van der Waals surface area (Å²) in [6, 6.07) is 15.8. The SMILES string of the molecule is COc1ccc(CNC(=O)C2CCN(Cc3nc(-c4ccc(C)cc4)no3)CC2)cc1. The summed E-state index contributed by atoms with van der Waals surface area (Å²) in [7, 11) is 1.64. The van der Waals surface area contributed by atoms with Crippen LogP contribution in [0.3, 0.4) is 0 Å². The van der Waals surface area contributed by atoms with E-state index in [4.69, 9.17) is 9.26 Å². The van der Waals surface area contributed by atoms with E-state index in [1.165, 1.54) is 5.56 Å². The minimum Gasteiger partial charge on any atom is -0.497 e. The molecule has 0 spiro atoms. The second-order valence-electron chi connectivity index (χ2n) is 7.99. The second-order valence-corrected chi connectivity index (χ2v) is 7.99. The van der Waals surface area contributed by atoms with Gasteiger partial charge in [-0.25, -0.2) is 0 Å². The maximum Gasteiger partial charge on any atom is 0.241 e. The number of rotatable bonds is 7. The number of carbonyl (C=O) groups excluding carboxylic acids is 1. The molecule has 1 aliphatic heterocycles. The smallest absolute Gasteiger partial charge is 0.241 e. The van der Waals surface area contributed by atoms with Crippen LogP contribution in [0.1, 0.15) is 29.9 Å². The topological polar surface area (TPSA) is 80.5 Å². The Bertz CT molecular complexity index is 990. The number of carbonyl (C=O) groups is 1. The van der Waals surface area contributed by atoms with Gasteiger partial charge in [0, 0.05) is 18.0 Å². The summed E-state index contributed by atoms with van der Waals surface area (Å²) in [6.45, 7) is 4.87. The number of methoxy groups -OCH3 is 1. The van der Waals surface area contributed by atoms with Crippen LogP contribution in [-0.2, 0) is 17.9 Å². The number of benzene rings is 2. The van der Waals surface area contributed by atoms with Crippen LogP contribution in [0.4, 0.5) is 0 Å². The van der Waals surface area contributed by atoms with E-state index >= 15 is 0 Å². The third-order valence-electron chi connectivity index (χ3n) is 5.72. The lowest BCUT2D eigenvalue weighted by Crippen LogP contribution is -2.40. The Morgan fingerprint density at radius 2 is 1.84 bits per heavy atom. The van der Waals surface area contributed by atoms with Gasteiger partial charge < -0.3 is 14.6 Å². The number of aromatic nitrogens is 2. The van der Waals surface area contributed by atoms with Gasteiger partial charge in [0.1, 0.15) is 5.75 Å². The van der Waals surface area contributed by atoms with Crippen LogP contribution >= 0.6 is 0 Å². The molecule has 0 aliphatic carbocycles. The number of amides is 1. The van der Waals surface area contributed by atoms with Crippen molar-refractivity contribution in [1.82, 2.24) is 20.4 Å². The first-order chi connectivity index (χ1) is 15.1. The summed E-state index contributed by atoms with van der Waals surface area (Å²) in [5.74, 6) is 2.20. The van der Waals surface area contributed by atoms with E-state index in [2.05, 4.69) is 27.3 Å². The normalized spacial score (nSPS) is 15.0. The van der Waals surface area contributed by atoms with Crippen molar-refractivity contribution in [1.29, 1.82) is 0 Å². The summed E-state index contributed by atoms with van der Waals surface area (Å²) in [5.41, 5.74) is 3.21. The highest BCUT2D eigenvalue weighted by Gasteiger charge is 2.25. The molecule has 1 aromatic heterocycles. The zero-order chi connectivity index (χ0) is 21.6. The van der Waals surface area contributed by atoms with Crippen molar-refractivity contribution >= 4 is 5.91 Å². The molecule has 162 valence electrons. The number of nitrogens with one attached hydrogen (secondary N) is 1. The Morgan fingerprint density at radius 3 is 2.52 bits per heavy atom. The van der Waals surface area contributed by atoms with E-state index in [1.807, 2.05) is 48.5 Å². The van der Waals surface area contributed by atoms with E-state index in [0.717, 1.165) is 42.8 Å². The number of likely N-dealkylation sites (tertiary alicyclic amines) is 1. The summed E-state index contributed by atoms with van der Waals surface area (Å²) in [6.07, 6.45) is 1.65. The van der Waals surface area contributed by atoms with Gasteiger partial charge in [-0.15, -0.1) is 0 Å². The largest absolute Gasteiger partial charge is 0.497 e. The van der Waals surface area contributed by atoms with E-state index in [1.54, 1.807) is 7.11 Å². The van der Waals surface area contributed by atoms with Crippen molar-refractivity contribution in [3.8, 4) is 17.1 Å². The van der Waals surface area contributed by atoms with Gasteiger partial charge in [-0.1, -0.05) is 47.1 Å². The first-order valence-electron chi connectivity index (χ1n) is 10.6. The third kappa shape index (κ3) is 5.49. The van der Waals surface area contributed by atoms with Crippen LogP contribution in [0.25, 0.3) is 11.4 Å². The third-order valence-corrected chi connectivity index (χ3v) is 5.72. The molecule has 1 amide bonds. The Balaban J connectivity index is 1.23. The minimum absolute atomic E-state index is 0.0419. The molecule has 2 aromatic carbocycles. The van der Waals surface area contributed by atoms with Gasteiger partial charge in [-0.05, 0) is 50.6 Å². The van der Waals surface area contributed by atoms with Gasteiger partial charge in [-0.2, -0.15) is 4.98 Å². The van der Waals surface area contributed by atoms with Crippen molar-refractivity contribution in [2.45, 2.75) is 32.9 Å². The molecular weight excluding hydrogens is 392 g/mol. The molecule has 3 aromatic rings. The Labute approximate surface area is 182 Å². The molecule has 0 atom stereocenters. The van der Waals surface area contributed by atoms with Gasteiger partial charge >= 0.3 is 0 Å². The maximum absolute atomic E-state index is 12.5. The molecule has 0 radical (unpaired) electrons. The van der Waals surface area contributed by atoms with Gasteiger partial charge in [0.05, 0.1) is 13.7 Å². The fraction of sp³-hybridized carbons (Fsp3) is 0.375. The molecule has 2 heterocycles. The molecule has 7 nitrogen and oxygen atoms in total. The average molecular weight is 421 g/mol. The van der Waals surface area contributed by atoms with Gasteiger partial charge in [0.25, 0.3) is 0 Å². The van der Waals surface area contributed by atoms with Gasteiger partial charge in [0.2, 0.25) is 17.6 Å². The first-order valence-corrected chi connectivity index (χ1v) is 10.6. The number of hydrogen-bond donors (Lipinski definition) is 1. The van der Waals surface area contributed by atoms with E-state index in [-0.39, 0.29) is 11.8 Å².